The van der Waals surface area contributed by atoms with E-state index < -0.39 is 8.80 Å². The van der Waals surface area contributed by atoms with Gasteiger partial charge in [-0.3, -0.25) is 0 Å². The second-order valence-electron chi connectivity index (χ2n) is 5.97. The average Bonchev–Trinajstić information content (AvgIpc) is 2.04. The van der Waals surface area contributed by atoms with Gasteiger partial charge in [-0.2, -0.15) is 0 Å². The summed E-state index contributed by atoms with van der Waals surface area (Å²) in [5.74, 6) is 0. The van der Waals surface area contributed by atoms with Crippen LogP contribution in [0.1, 0.15) is 54.4 Å². The molecule has 0 aromatic carbocycles. The highest BCUT2D eigenvalue weighted by Gasteiger charge is 2.29. The van der Waals surface area contributed by atoms with Crippen molar-refractivity contribution in [3.05, 3.63) is 0 Å². The predicted octanol–water partition coefficient (Wildman–Crippen LogP) is 4.47. The monoisotopic (exact) mass is 200 g/mol. The molecule has 0 amide bonds. The van der Waals surface area contributed by atoms with Crippen LogP contribution in [0.15, 0.2) is 0 Å². The molecule has 0 saturated carbocycles. The van der Waals surface area contributed by atoms with E-state index >= 15 is 0 Å². The molecule has 0 aromatic rings. The van der Waals surface area contributed by atoms with Crippen LogP contribution in [0.25, 0.3) is 0 Å². The summed E-state index contributed by atoms with van der Waals surface area (Å²) in [6.07, 6.45) is 2.67. The zero-order valence-corrected chi connectivity index (χ0v) is 11.9. The van der Waals surface area contributed by atoms with Crippen molar-refractivity contribution in [3.8, 4) is 0 Å². The Balaban J connectivity index is 4.22. The fourth-order valence-electron chi connectivity index (χ4n) is 1.60. The molecule has 0 aliphatic rings. The highest BCUT2D eigenvalue weighted by atomic mass is 28.3. The molecule has 0 aliphatic carbocycles. The molecule has 0 heterocycles. The topological polar surface area (TPSA) is 0 Å². The number of hydrogen-bond acceptors (Lipinski definition) is 0. The molecule has 1 unspecified atom stereocenters. The average molecular weight is 200 g/mol. The lowest BCUT2D eigenvalue weighted by molar-refractivity contribution is 0.388. The van der Waals surface area contributed by atoms with E-state index in [0.29, 0.717) is 10.5 Å². The largest absolute Gasteiger partial charge is 0.0716 e. The van der Waals surface area contributed by atoms with Gasteiger partial charge in [-0.25, -0.2) is 0 Å². The van der Waals surface area contributed by atoms with E-state index in [1.165, 1.54) is 18.9 Å². The van der Waals surface area contributed by atoms with Crippen molar-refractivity contribution < 1.29 is 0 Å². The van der Waals surface area contributed by atoms with Gasteiger partial charge in [0.05, 0.1) is 0 Å². The Morgan fingerprint density at radius 2 is 1.38 bits per heavy atom. The molecule has 0 fully saturated rings. The molecule has 0 rings (SSSR count). The fourth-order valence-corrected chi connectivity index (χ4v) is 4.79. The summed E-state index contributed by atoms with van der Waals surface area (Å²) >= 11 is 0. The maximum absolute atomic E-state index is 2.54. The van der Waals surface area contributed by atoms with Crippen LogP contribution in [0.4, 0.5) is 0 Å². The van der Waals surface area contributed by atoms with Gasteiger partial charge in [0.1, 0.15) is 0 Å². The lowest BCUT2D eigenvalue weighted by atomic mass is 9.93. The first-order valence-electron chi connectivity index (χ1n) is 5.75. The van der Waals surface area contributed by atoms with E-state index in [0.717, 1.165) is 0 Å². The summed E-state index contributed by atoms with van der Waals surface area (Å²) in [4.78, 5) is 0. The zero-order chi connectivity index (χ0) is 10.7. The lowest BCUT2D eigenvalue weighted by Crippen LogP contribution is -2.29. The summed E-state index contributed by atoms with van der Waals surface area (Å²) in [5.41, 5.74) is 0.581. The van der Waals surface area contributed by atoms with Crippen molar-refractivity contribution in [1.82, 2.24) is 0 Å². The zero-order valence-electron chi connectivity index (χ0n) is 10.7. The van der Waals surface area contributed by atoms with Crippen molar-refractivity contribution >= 4 is 8.80 Å². The first kappa shape index (κ1) is 13.2. The Morgan fingerprint density at radius 1 is 0.923 bits per heavy atom. The van der Waals surface area contributed by atoms with Crippen LogP contribution in [0.3, 0.4) is 0 Å². The quantitative estimate of drug-likeness (QED) is 0.574. The molecule has 0 aromatic heterocycles. The van der Waals surface area contributed by atoms with Crippen LogP contribution in [0.5, 0.6) is 0 Å². The van der Waals surface area contributed by atoms with E-state index in [4.69, 9.17) is 0 Å². The van der Waals surface area contributed by atoms with Crippen LogP contribution >= 0.6 is 0 Å². The maximum Gasteiger partial charge on any atom is 0.0400 e. The molecule has 0 nitrogen and oxygen atoms in total. The third-order valence-corrected chi connectivity index (χ3v) is 8.86. The van der Waals surface area contributed by atoms with Crippen LogP contribution in [-0.4, -0.2) is 8.80 Å². The van der Waals surface area contributed by atoms with Gasteiger partial charge in [0, 0.05) is 8.80 Å². The summed E-state index contributed by atoms with van der Waals surface area (Å²) in [7, 11) is -0.554. The molecule has 0 bridgehead atoms. The van der Waals surface area contributed by atoms with Crippen LogP contribution in [-0.2, 0) is 0 Å². The molecule has 0 aliphatic heterocycles. The summed E-state index contributed by atoms with van der Waals surface area (Å²) in [6, 6.07) is 1.49. The van der Waals surface area contributed by atoms with Gasteiger partial charge in [0.25, 0.3) is 0 Å². The highest BCUT2D eigenvalue weighted by Crippen LogP contribution is 2.39. The second kappa shape index (κ2) is 4.63. The van der Waals surface area contributed by atoms with Gasteiger partial charge in [-0.05, 0) is 10.5 Å². The fraction of sp³-hybridized carbons (Fsp3) is 1.00. The standard InChI is InChI=1S/C12H28Si/c1-8-11(3,4)10-13(7)12(5,6)9-2/h13H,8-10H2,1-7H3. The third kappa shape index (κ3) is 4.30. The van der Waals surface area contributed by atoms with Crippen LogP contribution < -0.4 is 0 Å². The first-order valence-corrected chi connectivity index (χ1v) is 8.30. The SMILES string of the molecule is CCC(C)(C)C[SiH](C)C(C)(C)CC. The highest BCUT2D eigenvalue weighted by molar-refractivity contribution is 6.60. The van der Waals surface area contributed by atoms with Gasteiger partial charge < -0.3 is 0 Å². The second-order valence-corrected chi connectivity index (χ2v) is 9.74. The minimum Gasteiger partial charge on any atom is -0.0716 e. The van der Waals surface area contributed by atoms with E-state index in [9.17, 15) is 0 Å². The van der Waals surface area contributed by atoms with E-state index in [1.807, 2.05) is 0 Å². The predicted molar refractivity (Wildman–Crippen MR) is 66.2 cm³/mol. The van der Waals surface area contributed by atoms with Crippen LogP contribution in [0.2, 0.25) is 17.6 Å². The number of rotatable bonds is 5. The van der Waals surface area contributed by atoms with E-state index in [-0.39, 0.29) is 0 Å². The minimum atomic E-state index is -0.554. The van der Waals surface area contributed by atoms with Gasteiger partial charge in [-0.1, -0.05) is 67.0 Å². The van der Waals surface area contributed by atoms with Gasteiger partial charge in [0.15, 0.2) is 0 Å². The van der Waals surface area contributed by atoms with Gasteiger partial charge >= 0.3 is 0 Å². The summed E-state index contributed by atoms with van der Waals surface area (Å²) in [6.45, 7) is 16.9. The van der Waals surface area contributed by atoms with Gasteiger partial charge in [0.2, 0.25) is 0 Å². The van der Waals surface area contributed by atoms with Crippen molar-refractivity contribution in [1.29, 1.82) is 0 Å². The Kier molecular flexibility index (Phi) is 4.71. The third-order valence-electron chi connectivity index (χ3n) is 4.06. The molecular formula is C12H28Si. The normalized spacial score (nSPS) is 15.9. The Labute approximate surface area is 86.7 Å². The smallest absolute Gasteiger partial charge is 0.0400 e. The minimum absolute atomic E-state index is 0.554. The van der Waals surface area contributed by atoms with Crippen molar-refractivity contribution in [2.45, 2.75) is 72.0 Å². The Hall–Kier alpha value is 0.217. The summed E-state index contributed by atoms with van der Waals surface area (Å²) < 4.78 is 0. The van der Waals surface area contributed by atoms with Gasteiger partial charge in [-0.15, -0.1) is 0 Å². The summed E-state index contributed by atoms with van der Waals surface area (Å²) in [5, 5.41) is 0.645. The molecular weight excluding hydrogens is 172 g/mol. The maximum atomic E-state index is 2.54. The van der Waals surface area contributed by atoms with E-state index in [2.05, 4.69) is 48.1 Å². The lowest BCUT2D eigenvalue weighted by Gasteiger charge is -2.35. The molecule has 0 saturated heterocycles. The van der Waals surface area contributed by atoms with Crippen molar-refractivity contribution in [3.63, 3.8) is 0 Å². The molecule has 0 radical (unpaired) electrons. The molecule has 0 N–H and O–H groups in total. The molecule has 1 heteroatoms. The molecule has 13 heavy (non-hydrogen) atoms. The molecule has 0 spiro atoms. The molecule has 1 atom stereocenters. The Bertz CT molecular complexity index is 147. The molecule has 80 valence electrons. The van der Waals surface area contributed by atoms with Crippen LogP contribution in [0, 0.1) is 5.41 Å². The number of hydrogen-bond donors (Lipinski definition) is 0. The van der Waals surface area contributed by atoms with Crippen molar-refractivity contribution in [2.75, 3.05) is 0 Å². The van der Waals surface area contributed by atoms with Crippen molar-refractivity contribution in [2.24, 2.45) is 5.41 Å². The Morgan fingerprint density at radius 3 is 1.69 bits per heavy atom. The van der Waals surface area contributed by atoms with E-state index in [1.54, 1.807) is 0 Å². The first-order chi connectivity index (χ1) is 5.75.